The number of ether oxygens (including phenoxy) is 1. The molecule has 1 aromatic heterocycles. The number of carbonyl (C=O) groups excluding carboxylic acids is 2. The number of benzene rings is 1. The van der Waals surface area contributed by atoms with Crippen molar-refractivity contribution in [2.75, 3.05) is 24.6 Å². The molecular weight excluding hydrogens is 494 g/mol. The number of Topliss-reactive ketones (excluding diaryl/α,β-unsaturated/α-hetero) is 1. The van der Waals surface area contributed by atoms with Crippen LogP contribution >= 0.6 is 0 Å². The Morgan fingerprint density at radius 1 is 1.18 bits per heavy atom. The molecule has 3 rings (SSSR count). The maximum absolute atomic E-state index is 13.2. The number of pyridine rings is 1. The predicted molar refractivity (Wildman–Crippen MR) is 137 cm³/mol. The van der Waals surface area contributed by atoms with E-state index in [1.165, 1.54) is 18.2 Å². The normalized spacial score (nSPS) is 15.8. The number of ketones is 1. The number of aromatic nitrogens is 1. The number of carboxylic acids is 2. The van der Waals surface area contributed by atoms with Crippen molar-refractivity contribution in [1.82, 2.24) is 10.3 Å². The van der Waals surface area contributed by atoms with Gasteiger partial charge in [0.15, 0.2) is 0 Å². The first-order valence-corrected chi connectivity index (χ1v) is 12.2. The van der Waals surface area contributed by atoms with Crippen LogP contribution < -0.4 is 20.7 Å². The molecule has 0 bridgehead atoms. The lowest BCUT2D eigenvalue weighted by Gasteiger charge is -2.34. The van der Waals surface area contributed by atoms with Gasteiger partial charge in [0.2, 0.25) is 11.7 Å². The van der Waals surface area contributed by atoms with Gasteiger partial charge in [0.05, 0.1) is 12.0 Å². The number of piperidine rings is 1. The van der Waals surface area contributed by atoms with Gasteiger partial charge < -0.3 is 30.9 Å². The lowest BCUT2D eigenvalue weighted by atomic mass is 9.96. The molecule has 38 heavy (non-hydrogen) atoms. The van der Waals surface area contributed by atoms with Gasteiger partial charge in [-0.1, -0.05) is 12.1 Å². The maximum atomic E-state index is 13.2. The molecule has 1 amide bonds. The average molecular weight is 526 g/mol. The van der Waals surface area contributed by atoms with Crippen molar-refractivity contribution < 1.29 is 34.1 Å². The molecule has 0 saturated carbocycles. The van der Waals surface area contributed by atoms with Gasteiger partial charge in [-0.3, -0.25) is 24.8 Å². The minimum atomic E-state index is -1.59. The number of carbonyl (C=O) groups is 4. The molecule has 12 heteroatoms. The summed E-state index contributed by atoms with van der Waals surface area (Å²) in [5.41, 5.74) is 7.10. The Morgan fingerprint density at radius 3 is 2.58 bits per heavy atom. The van der Waals surface area contributed by atoms with Crippen molar-refractivity contribution in [1.29, 1.82) is 5.41 Å². The molecular formula is C26H31N5O7. The van der Waals surface area contributed by atoms with E-state index in [-0.39, 0.29) is 48.4 Å². The number of nitrogens with one attached hydrogen (secondary N) is 2. The van der Waals surface area contributed by atoms with Crippen molar-refractivity contribution in [3.63, 3.8) is 0 Å². The van der Waals surface area contributed by atoms with Crippen molar-refractivity contribution in [2.24, 2.45) is 11.7 Å². The Kier molecular flexibility index (Phi) is 9.74. The molecule has 1 aromatic carbocycles. The Bertz CT molecular complexity index is 1190. The van der Waals surface area contributed by atoms with E-state index in [1.54, 1.807) is 12.4 Å². The van der Waals surface area contributed by atoms with Gasteiger partial charge in [-0.25, -0.2) is 4.79 Å². The summed E-state index contributed by atoms with van der Waals surface area (Å²) in [5.74, 6) is -4.32. The highest BCUT2D eigenvalue weighted by molar-refractivity contribution is 6.33. The topological polar surface area (TPSA) is 196 Å². The van der Waals surface area contributed by atoms with Gasteiger partial charge in [0.1, 0.15) is 18.2 Å². The van der Waals surface area contributed by atoms with Crippen molar-refractivity contribution in [3.8, 4) is 5.75 Å². The van der Waals surface area contributed by atoms with Crippen LogP contribution in [-0.2, 0) is 25.6 Å². The zero-order valence-corrected chi connectivity index (χ0v) is 20.8. The standard InChI is InChI=1S/C26H31N5O7/c27-24(28)17-4-3-16(12-21(32)26(36)37)22(13-17)38-15-19(5-6-23(33)34)30-25(35)18-2-1-11-31(14-18)20-7-9-29-10-8-20/h3-4,7-10,13,18-19H,1-2,5-6,11-12,14-15H2,(H3,27,28)(H,30,35)(H,33,34)(H,36,37)/t18?,19-/m1/s1. The first-order valence-electron chi connectivity index (χ1n) is 12.2. The highest BCUT2D eigenvalue weighted by atomic mass is 16.5. The van der Waals surface area contributed by atoms with Gasteiger partial charge in [0, 0.05) is 55.1 Å². The van der Waals surface area contributed by atoms with Crippen LogP contribution in [0, 0.1) is 11.3 Å². The Balaban J connectivity index is 1.72. The van der Waals surface area contributed by atoms with E-state index in [1.807, 2.05) is 12.1 Å². The zero-order chi connectivity index (χ0) is 27.7. The number of aliphatic carboxylic acids is 2. The molecule has 2 aromatic rings. The minimum absolute atomic E-state index is 0.0949. The lowest BCUT2D eigenvalue weighted by molar-refractivity contribution is -0.148. The molecule has 2 atom stereocenters. The number of rotatable bonds is 13. The van der Waals surface area contributed by atoms with E-state index < -0.39 is 30.2 Å². The van der Waals surface area contributed by atoms with Crippen LogP contribution in [0.5, 0.6) is 5.75 Å². The smallest absolute Gasteiger partial charge is 0.372 e. The number of amidine groups is 1. The third-order valence-electron chi connectivity index (χ3n) is 6.28. The van der Waals surface area contributed by atoms with Crippen molar-refractivity contribution in [3.05, 3.63) is 53.9 Å². The molecule has 1 aliphatic rings. The van der Waals surface area contributed by atoms with Crippen molar-refractivity contribution >= 4 is 35.2 Å². The van der Waals surface area contributed by atoms with Crippen molar-refractivity contribution in [2.45, 2.75) is 38.1 Å². The third-order valence-corrected chi connectivity index (χ3v) is 6.28. The molecule has 0 radical (unpaired) electrons. The molecule has 202 valence electrons. The van der Waals surface area contributed by atoms with Crippen LogP contribution in [0.15, 0.2) is 42.7 Å². The SMILES string of the molecule is N=C(N)c1ccc(CC(=O)C(=O)O)c(OC[C@@H](CCC(=O)O)NC(=O)C2CCCN(c3ccncc3)C2)c1. The molecule has 1 unspecified atom stereocenters. The number of hydrogen-bond donors (Lipinski definition) is 5. The third kappa shape index (κ3) is 8.02. The Labute approximate surface area is 219 Å². The molecule has 12 nitrogen and oxygen atoms in total. The molecule has 0 aliphatic carbocycles. The summed E-state index contributed by atoms with van der Waals surface area (Å²) < 4.78 is 5.86. The lowest BCUT2D eigenvalue weighted by Crippen LogP contribution is -2.47. The predicted octanol–water partition coefficient (Wildman–Crippen LogP) is 1.21. The van der Waals surface area contributed by atoms with E-state index in [0.717, 1.165) is 18.7 Å². The van der Waals surface area contributed by atoms with Crippen LogP contribution in [0.4, 0.5) is 5.69 Å². The van der Waals surface area contributed by atoms with Crippen LogP contribution in [-0.4, -0.2) is 70.4 Å². The van der Waals surface area contributed by atoms with Crippen LogP contribution in [0.25, 0.3) is 0 Å². The summed E-state index contributed by atoms with van der Waals surface area (Å²) in [6, 6.07) is 7.43. The number of hydrogen-bond acceptors (Lipinski definition) is 8. The summed E-state index contributed by atoms with van der Waals surface area (Å²) in [6.45, 7) is 1.18. The first-order chi connectivity index (χ1) is 18.1. The van der Waals surface area contributed by atoms with Crippen LogP contribution in [0.3, 0.4) is 0 Å². The fraction of sp³-hybridized carbons (Fsp3) is 0.385. The number of nitrogen functional groups attached to an aromatic ring is 1. The van der Waals surface area contributed by atoms with E-state index in [9.17, 15) is 24.3 Å². The number of carboxylic acid groups (broad SMARTS) is 2. The highest BCUT2D eigenvalue weighted by Crippen LogP contribution is 2.24. The quantitative estimate of drug-likeness (QED) is 0.144. The molecule has 1 saturated heterocycles. The monoisotopic (exact) mass is 525 g/mol. The van der Waals surface area contributed by atoms with Gasteiger partial charge in [-0.2, -0.15) is 0 Å². The second-order valence-electron chi connectivity index (χ2n) is 9.08. The van der Waals surface area contributed by atoms with E-state index in [2.05, 4.69) is 15.2 Å². The summed E-state index contributed by atoms with van der Waals surface area (Å²) in [4.78, 5) is 53.4. The fourth-order valence-corrected chi connectivity index (χ4v) is 4.24. The molecule has 0 spiro atoms. The van der Waals surface area contributed by atoms with Gasteiger partial charge in [0.25, 0.3) is 0 Å². The molecule has 6 N–H and O–H groups in total. The van der Waals surface area contributed by atoms with E-state index >= 15 is 0 Å². The summed E-state index contributed by atoms with van der Waals surface area (Å²) in [5, 5.41) is 28.7. The van der Waals surface area contributed by atoms with Crippen LogP contribution in [0.1, 0.15) is 36.8 Å². The molecule has 2 heterocycles. The Hall–Kier alpha value is -4.48. The van der Waals surface area contributed by atoms with Gasteiger partial charge >= 0.3 is 11.9 Å². The van der Waals surface area contributed by atoms with E-state index in [0.29, 0.717) is 18.5 Å². The van der Waals surface area contributed by atoms with Gasteiger partial charge in [-0.05, 0) is 37.5 Å². The fourth-order valence-electron chi connectivity index (χ4n) is 4.24. The number of amides is 1. The second kappa shape index (κ2) is 13.2. The largest absolute Gasteiger partial charge is 0.491 e. The Morgan fingerprint density at radius 2 is 1.92 bits per heavy atom. The van der Waals surface area contributed by atoms with Crippen LogP contribution in [0.2, 0.25) is 0 Å². The summed E-state index contributed by atoms with van der Waals surface area (Å²) in [6.07, 6.45) is 4.33. The van der Waals surface area contributed by atoms with E-state index in [4.69, 9.17) is 21.0 Å². The number of nitrogens with two attached hydrogens (primary N) is 1. The summed E-state index contributed by atoms with van der Waals surface area (Å²) >= 11 is 0. The van der Waals surface area contributed by atoms with Gasteiger partial charge in [-0.15, -0.1) is 0 Å². The molecule has 1 fully saturated rings. The average Bonchev–Trinajstić information content (AvgIpc) is 2.91. The first kappa shape index (κ1) is 28.1. The summed E-state index contributed by atoms with van der Waals surface area (Å²) in [7, 11) is 0. The number of nitrogens with zero attached hydrogens (tertiary/aromatic N) is 2. The molecule has 1 aliphatic heterocycles. The number of anilines is 1. The second-order valence-corrected chi connectivity index (χ2v) is 9.08. The maximum Gasteiger partial charge on any atom is 0.372 e. The minimum Gasteiger partial charge on any atom is -0.491 e. The zero-order valence-electron chi connectivity index (χ0n) is 20.8. The highest BCUT2D eigenvalue weighted by Gasteiger charge is 2.28.